The van der Waals surface area contributed by atoms with E-state index in [1.54, 1.807) is 5.57 Å². The summed E-state index contributed by atoms with van der Waals surface area (Å²) in [6.45, 7) is 2.16. The number of rotatable bonds is 0. The molecule has 0 spiro atoms. The summed E-state index contributed by atoms with van der Waals surface area (Å²) < 4.78 is 0. The van der Waals surface area contributed by atoms with E-state index >= 15 is 0 Å². The highest BCUT2D eigenvalue weighted by Gasteiger charge is 2.46. The van der Waals surface area contributed by atoms with E-state index in [0.717, 1.165) is 23.7 Å². The first-order valence-electron chi connectivity index (χ1n) is 4.93. The van der Waals surface area contributed by atoms with Crippen molar-refractivity contribution >= 4 is 0 Å². The minimum absolute atomic E-state index is 0.852. The molecule has 0 heteroatoms. The van der Waals surface area contributed by atoms with Gasteiger partial charge < -0.3 is 0 Å². The Balaban J connectivity index is 2.04. The van der Waals surface area contributed by atoms with Crippen molar-refractivity contribution in [3.63, 3.8) is 0 Å². The van der Waals surface area contributed by atoms with E-state index in [9.17, 15) is 0 Å². The number of hydrogen-bond donors (Lipinski definition) is 0. The fraction of sp³-hybridized carbons (Fsp3) is 0.500. The summed E-state index contributed by atoms with van der Waals surface area (Å²) in [6.07, 6.45) is 13.3. The van der Waals surface area contributed by atoms with Crippen molar-refractivity contribution in [1.29, 1.82) is 0 Å². The molecule has 1 saturated carbocycles. The average molecular weight is 158 g/mol. The van der Waals surface area contributed by atoms with Crippen molar-refractivity contribution in [3.05, 3.63) is 36.0 Å². The fourth-order valence-electron chi connectivity index (χ4n) is 3.21. The molecule has 2 bridgehead atoms. The van der Waals surface area contributed by atoms with Crippen molar-refractivity contribution in [2.24, 2.45) is 23.7 Å². The molecule has 0 N–H and O–H groups in total. The maximum absolute atomic E-state index is 2.43. The summed E-state index contributed by atoms with van der Waals surface area (Å²) in [7, 11) is 0. The third kappa shape index (κ3) is 0.639. The molecule has 0 aromatic rings. The van der Waals surface area contributed by atoms with E-state index in [1.165, 1.54) is 6.42 Å². The normalized spacial score (nSPS) is 50.9. The van der Waals surface area contributed by atoms with Crippen molar-refractivity contribution < 1.29 is 0 Å². The molecule has 0 nitrogen and oxygen atoms in total. The predicted molar refractivity (Wildman–Crippen MR) is 50.6 cm³/mol. The summed E-state index contributed by atoms with van der Waals surface area (Å²) in [5.41, 5.74) is 1.58. The van der Waals surface area contributed by atoms with E-state index in [-0.39, 0.29) is 0 Å². The van der Waals surface area contributed by atoms with Gasteiger partial charge in [-0.3, -0.25) is 0 Å². The van der Waals surface area contributed by atoms with E-state index in [4.69, 9.17) is 0 Å². The molecular weight excluding hydrogens is 144 g/mol. The fourth-order valence-corrected chi connectivity index (χ4v) is 3.21. The minimum atomic E-state index is 0.852. The summed E-state index contributed by atoms with van der Waals surface area (Å²) >= 11 is 0. The smallest absolute Gasteiger partial charge is 0.00335 e. The van der Waals surface area contributed by atoms with Crippen LogP contribution in [0.5, 0.6) is 0 Å². The molecule has 3 aliphatic carbocycles. The zero-order valence-corrected chi connectivity index (χ0v) is 7.40. The monoisotopic (exact) mass is 158 g/mol. The van der Waals surface area contributed by atoms with Crippen molar-refractivity contribution in [3.8, 4) is 0 Å². The Hall–Kier alpha value is -0.780. The van der Waals surface area contributed by atoms with Gasteiger partial charge in [-0.25, -0.2) is 0 Å². The summed E-state index contributed by atoms with van der Waals surface area (Å²) in [5, 5.41) is 0. The van der Waals surface area contributed by atoms with Crippen LogP contribution in [0.3, 0.4) is 0 Å². The molecule has 4 unspecified atom stereocenters. The molecular formula is C12H14. The third-order valence-corrected chi connectivity index (χ3v) is 3.75. The first-order chi connectivity index (χ1) is 5.90. The largest absolute Gasteiger partial charge is 0.0845 e. The van der Waals surface area contributed by atoms with Crippen LogP contribution < -0.4 is 0 Å². The number of hydrogen-bond acceptors (Lipinski definition) is 0. The lowest BCUT2D eigenvalue weighted by molar-refractivity contribution is 0.452. The van der Waals surface area contributed by atoms with Crippen molar-refractivity contribution in [2.45, 2.75) is 13.3 Å². The van der Waals surface area contributed by atoms with Crippen LogP contribution >= 0.6 is 0 Å². The second kappa shape index (κ2) is 2.12. The average Bonchev–Trinajstić information content (AvgIpc) is 2.76. The molecule has 0 amide bonds. The van der Waals surface area contributed by atoms with Crippen LogP contribution in [0.1, 0.15) is 13.3 Å². The highest BCUT2D eigenvalue weighted by Crippen LogP contribution is 2.54. The number of allylic oxidation sites excluding steroid dienone is 6. The summed E-state index contributed by atoms with van der Waals surface area (Å²) in [6, 6.07) is 0. The molecule has 3 aliphatic rings. The second-order valence-electron chi connectivity index (χ2n) is 4.20. The molecule has 12 heavy (non-hydrogen) atoms. The molecule has 0 radical (unpaired) electrons. The number of fused-ring (bicyclic) bond motifs is 5. The predicted octanol–water partition coefficient (Wildman–Crippen LogP) is 2.94. The Kier molecular flexibility index (Phi) is 1.19. The first kappa shape index (κ1) is 6.71. The van der Waals surface area contributed by atoms with Gasteiger partial charge in [0, 0.05) is 0 Å². The maximum Gasteiger partial charge on any atom is -0.00335 e. The quantitative estimate of drug-likeness (QED) is 0.475. The summed E-state index contributed by atoms with van der Waals surface area (Å²) in [4.78, 5) is 0. The lowest BCUT2D eigenvalue weighted by Gasteiger charge is -2.21. The molecule has 4 atom stereocenters. The van der Waals surface area contributed by atoms with Crippen LogP contribution in [0, 0.1) is 23.7 Å². The van der Waals surface area contributed by atoms with Gasteiger partial charge in [0.15, 0.2) is 0 Å². The van der Waals surface area contributed by atoms with Gasteiger partial charge in [0.25, 0.3) is 0 Å². The molecule has 62 valence electrons. The highest BCUT2D eigenvalue weighted by atomic mass is 14.5. The molecule has 0 saturated heterocycles. The standard InChI is InChI=1S/C12H14/c1-2-8-5-6-11-9-3-4-10(7-9)12(8)11/h2-6,9-12H,7H2,1H3. The van der Waals surface area contributed by atoms with Gasteiger partial charge in [0.2, 0.25) is 0 Å². The Labute approximate surface area is 73.7 Å². The Morgan fingerprint density at radius 1 is 1.25 bits per heavy atom. The second-order valence-corrected chi connectivity index (χ2v) is 4.20. The molecule has 0 heterocycles. The van der Waals surface area contributed by atoms with Crippen LogP contribution in [0.4, 0.5) is 0 Å². The van der Waals surface area contributed by atoms with Gasteiger partial charge >= 0.3 is 0 Å². The molecule has 0 aromatic heterocycles. The highest BCUT2D eigenvalue weighted by molar-refractivity contribution is 5.37. The first-order valence-corrected chi connectivity index (χ1v) is 4.93. The van der Waals surface area contributed by atoms with Gasteiger partial charge in [-0.1, -0.05) is 30.4 Å². The van der Waals surface area contributed by atoms with E-state index in [1.807, 2.05) is 0 Å². The van der Waals surface area contributed by atoms with Crippen molar-refractivity contribution in [2.75, 3.05) is 0 Å². The van der Waals surface area contributed by atoms with Crippen LogP contribution in [0.15, 0.2) is 36.0 Å². The zero-order chi connectivity index (χ0) is 8.13. The van der Waals surface area contributed by atoms with Crippen LogP contribution in [-0.4, -0.2) is 0 Å². The molecule has 1 fully saturated rings. The van der Waals surface area contributed by atoms with Gasteiger partial charge in [0.1, 0.15) is 0 Å². The van der Waals surface area contributed by atoms with E-state index < -0.39 is 0 Å². The topological polar surface area (TPSA) is 0 Å². The lowest BCUT2D eigenvalue weighted by atomic mass is 9.83. The van der Waals surface area contributed by atoms with Crippen molar-refractivity contribution in [1.82, 2.24) is 0 Å². The Bertz CT molecular complexity index is 293. The maximum atomic E-state index is 2.43. The molecule has 0 aromatic carbocycles. The van der Waals surface area contributed by atoms with E-state index in [0.29, 0.717) is 0 Å². The minimum Gasteiger partial charge on any atom is -0.0845 e. The Morgan fingerprint density at radius 3 is 2.92 bits per heavy atom. The summed E-state index contributed by atoms with van der Waals surface area (Å²) in [5.74, 6) is 3.44. The Morgan fingerprint density at radius 2 is 2.08 bits per heavy atom. The van der Waals surface area contributed by atoms with Crippen LogP contribution in [0.2, 0.25) is 0 Å². The zero-order valence-electron chi connectivity index (χ0n) is 7.40. The molecule has 0 aliphatic heterocycles. The van der Waals surface area contributed by atoms with Gasteiger partial charge in [-0.15, -0.1) is 0 Å². The van der Waals surface area contributed by atoms with Crippen LogP contribution in [0.25, 0.3) is 0 Å². The lowest BCUT2D eigenvalue weighted by Crippen LogP contribution is -2.14. The van der Waals surface area contributed by atoms with E-state index in [2.05, 4.69) is 37.3 Å². The van der Waals surface area contributed by atoms with Gasteiger partial charge in [-0.2, -0.15) is 0 Å². The third-order valence-electron chi connectivity index (χ3n) is 3.75. The molecule has 3 rings (SSSR count). The van der Waals surface area contributed by atoms with Crippen LogP contribution in [-0.2, 0) is 0 Å². The SMILES string of the molecule is CC=C1C=CC2C3C=CC(C3)C12. The van der Waals surface area contributed by atoms with Gasteiger partial charge in [0.05, 0.1) is 0 Å². The van der Waals surface area contributed by atoms with Gasteiger partial charge in [-0.05, 0) is 42.6 Å².